The molecule has 1 heterocycles. The lowest BCUT2D eigenvalue weighted by atomic mass is 9.98. The first-order chi connectivity index (χ1) is 45.1. The normalized spacial score (nSPS) is 10.4. The first-order valence-electron chi connectivity index (χ1n) is 30.7. The van der Waals surface area contributed by atoms with Gasteiger partial charge in [-0.1, -0.05) is 62.3 Å². The number of aromatic hydroxyl groups is 6. The maximum Gasteiger partial charge on any atom is 0.273 e. The Hall–Kier alpha value is -9.37. The van der Waals surface area contributed by atoms with Crippen LogP contribution in [0.25, 0.3) is 17.1 Å². The van der Waals surface area contributed by atoms with Gasteiger partial charge in [-0.2, -0.15) is 10.1 Å². The van der Waals surface area contributed by atoms with Crippen LogP contribution in [-0.4, -0.2) is 141 Å². The minimum absolute atomic E-state index is 0.0158. The van der Waals surface area contributed by atoms with Gasteiger partial charge in [0.25, 0.3) is 11.8 Å². The third-order valence-corrected chi connectivity index (χ3v) is 14.8. The SMILES string of the molecule is CC(C)c1cc(C(=O)NN)c(O)cc1O.CCCN(C)c1cc(-n2c(-c3cc(C(C)C)c(O)cc3O)n[nH]c2=S)ccc1OC.CCCN(C)c1cc(N=C=S)ccc1OC.CCCN(C)c1cc(NC(=S)NNC(=O)c2cc(C(C)C)c(O)cc2O)ccc1OC.CCO. The summed E-state index contributed by atoms with van der Waals surface area (Å²) in [6, 6.07) is 25.4. The highest BCUT2D eigenvalue weighted by Gasteiger charge is 2.22. The van der Waals surface area contributed by atoms with Crippen molar-refractivity contribution >= 4 is 87.2 Å². The minimum atomic E-state index is -0.589. The molecule has 0 unspecified atom stereocenters. The second kappa shape index (κ2) is 39.4. The number of phenols is 6. The Morgan fingerprint density at radius 3 is 1.47 bits per heavy atom. The number of aliphatic hydroxyl groups is 1. The lowest BCUT2D eigenvalue weighted by molar-refractivity contribution is 0.0936. The van der Waals surface area contributed by atoms with E-state index in [4.69, 9.17) is 49.6 Å². The summed E-state index contributed by atoms with van der Waals surface area (Å²) in [5.74, 6) is 6.02. The van der Waals surface area contributed by atoms with Crippen LogP contribution in [0.3, 0.4) is 0 Å². The molecule has 27 heteroatoms. The number of aromatic nitrogens is 3. The van der Waals surface area contributed by atoms with Gasteiger partial charge >= 0.3 is 0 Å². The Labute approximate surface area is 573 Å². The average Bonchev–Trinajstić information content (AvgIpc) is 1.71. The van der Waals surface area contributed by atoms with Crippen molar-refractivity contribution in [3.8, 4) is 68.8 Å². The largest absolute Gasteiger partial charge is 0.508 e. The fraction of sp³-hybridized carbons (Fsp3) is 0.382. The van der Waals surface area contributed by atoms with Crippen LogP contribution >= 0.6 is 36.7 Å². The number of hydrogen-bond acceptors (Lipinski definition) is 21. The molecule has 2 amide bonds. The number of benzene rings is 6. The smallest absolute Gasteiger partial charge is 0.273 e. The summed E-state index contributed by atoms with van der Waals surface area (Å²) in [6.07, 6.45) is 3.08. The molecule has 14 N–H and O–H groups in total. The molecule has 95 heavy (non-hydrogen) atoms. The van der Waals surface area contributed by atoms with Crippen LogP contribution in [0.5, 0.6) is 51.7 Å². The average molecular weight is 1370 g/mol. The number of carbonyl (C=O) groups excluding carboxylic acids is 2. The summed E-state index contributed by atoms with van der Waals surface area (Å²) in [7, 11) is 11.0. The first-order valence-corrected chi connectivity index (χ1v) is 31.9. The van der Waals surface area contributed by atoms with E-state index < -0.39 is 11.8 Å². The molecule has 0 bridgehead atoms. The number of carbonyl (C=O) groups is 2. The van der Waals surface area contributed by atoms with E-state index in [0.29, 0.717) is 27.3 Å². The Balaban J connectivity index is 0.000000340. The summed E-state index contributed by atoms with van der Waals surface area (Å²) in [4.78, 5) is 34.0. The fourth-order valence-electron chi connectivity index (χ4n) is 9.50. The van der Waals surface area contributed by atoms with Crippen LogP contribution in [0.2, 0.25) is 0 Å². The second-order valence-electron chi connectivity index (χ2n) is 22.3. The number of aliphatic imine (C=N–C) groups is 1. The summed E-state index contributed by atoms with van der Waals surface area (Å²) < 4.78 is 18.5. The minimum Gasteiger partial charge on any atom is -0.508 e. The number of thiocarbonyl (C=S) groups is 2. The number of anilines is 4. The van der Waals surface area contributed by atoms with E-state index in [1.807, 2.05) is 123 Å². The standard InChI is InChI=1S/C22H30N4O4S.C22H28N4O3S.C12H16N2OS.C10H14N2O3.C2H6O/c1-6-9-26(4)17-10-14(7-8-20(17)30-5)23-22(31)25-24-21(29)16-11-15(13(2)3)18(27)12-19(16)28;1-6-9-25(4)17-10-14(7-8-20(17)29-5)26-21(23-24-22(26)30)16-11-15(13(2)3)18(27)12-19(16)28;1-4-7-14(2)11-8-10(13-9-16)5-6-12(11)15-3;1-5(2)6-3-7(10(15)12-11)9(14)4-8(6)13;1-2-3/h7-8,10-13,27-28H,6,9H2,1-5H3,(H,24,29)(H2,23,25,31);7-8,10-13,27-28H,6,9H2,1-5H3,(H,24,30);5-6,8H,4,7H2,1-3H3;3-5,13-14H,11H2,1-2H3,(H,12,15);3H,2H2,1H3. The van der Waals surface area contributed by atoms with E-state index in [1.54, 1.807) is 38.9 Å². The molecule has 7 aromatic rings. The summed E-state index contributed by atoms with van der Waals surface area (Å²) in [5, 5.41) is 79.9. The number of amides is 2. The monoisotopic (exact) mass is 1370 g/mol. The van der Waals surface area contributed by atoms with Crippen LogP contribution in [0.4, 0.5) is 28.4 Å². The predicted octanol–water partition coefficient (Wildman–Crippen LogP) is 12.8. The summed E-state index contributed by atoms with van der Waals surface area (Å²) in [6.45, 7) is 22.5. The molecule has 1 aromatic heterocycles. The van der Waals surface area contributed by atoms with Crippen molar-refractivity contribution in [3.63, 3.8) is 0 Å². The molecule has 0 spiro atoms. The number of methoxy groups -OCH3 is 3. The maximum absolute atomic E-state index is 12.5. The second-order valence-corrected chi connectivity index (χ2v) is 23.3. The van der Waals surface area contributed by atoms with Crippen LogP contribution in [0, 0.1) is 4.77 Å². The number of hydrogen-bond donors (Lipinski definition) is 13. The van der Waals surface area contributed by atoms with E-state index in [1.165, 1.54) is 18.2 Å². The van der Waals surface area contributed by atoms with Gasteiger partial charge in [-0.25, -0.2) is 5.84 Å². The highest BCUT2D eigenvalue weighted by atomic mass is 32.1. The Morgan fingerprint density at radius 2 is 1.03 bits per heavy atom. The summed E-state index contributed by atoms with van der Waals surface area (Å²) in [5.41, 5.74) is 14.6. The quantitative estimate of drug-likeness (QED) is 0.0104. The van der Waals surface area contributed by atoms with Gasteiger partial charge in [0.2, 0.25) is 0 Å². The molecule has 516 valence electrons. The number of nitrogens with zero attached hydrogens (tertiary/aromatic N) is 6. The molecule has 0 saturated carbocycles. The van der Waals surface area contributed by atoms with Gasteiger partial charge in [0.1, 0.15) is 51.7 Å². The molecule has 0 fully saturated rings. The van der Waals surface area contributed by atoms with Gasteiger partial charge in [0.05, 0.1) is 71.6 Å². The number of rotatable bonds is 21. The van der Waals surface area contributed by atoms with E-state index >= 15 is 0 Å². The number of nitrogen functional groups attached to an aromatic ring is 1. The number of ether oxygens (including phenoxy) is 3. The van der Waals surface area contributed by atoms with Crippen molar-refractivity contribution < 1.29 is 59.5 Å². The van der Waals surface area contributed by atoms with Gasteiger partial charge in [0, 0.05) is 71.3 Å². The van der Waals surface area contributed by atoms with E-state index in [0.717, 1.165) is 108 Å². The van der Waals surface area contributed by atoms with Crippen molar-refractivity contribution in [2.75, 3.05) is 88.7 Å². The highest BCUT2D eigenvalue weighted by Crippen LogP contribution is 2.40. The number of phenolic OH excluding ortho intramolecular Hbond substituents is 6. The van der Waals surface area contributed by atoms with Crippen LogP contribution < -0.4 is 56.3 Å². The van der Waals surface area contributed by atoms with Crippen molar-refractivity contribution in [2.24, 2.45) is 10.8 Å². The molecule has 7 rings (SSSR count). The molecule has 0 saturated heterocycles. The predicted molar refractivity (Wildman–Crippen MR) is 388 cm³/mol. The molecular weight excluding hydrogens is 1270 g/mol. The number of hydrazine groups is 2. The molecule has 0 aliphatic rings. The third-order valence-electron chi connectivity index (χ3n) is 14.2. The number of nitrogens with two attached hydrogens (primary N) is 1. The lowest BCUT2D eigenvalue weighted by Gasteiger charge is -2.22. The molecule has 0 atom stereocenters. The Kier molecular flexibility index (Phi) is 33.1. The zero-order valence-electron chi connectivity index (χ0n) is 57.0. The molecule has 24 nitrogen and oxygen atoms in total. The zero-order valence-corrected chi connectivity index (χ0v) is 59.4. The van der Waals surface area contributed by atoms with Crippen molar-refractivity contribution in [2.45, 2.75) is 106 Å². The molecule has 0 aliphatic heterocycles. The highest BCUT2D eigenvalue weighted by molar-refractivity contribution is 7.80. The first kappa shape index (κ1) is 79.9. The summed E-state index contributed by atoms with van der Waals surface area (Å²) >= 11 is 15.4. The number of nitrogens with one attached hydrogen (secondary N) is 5. The number of aromatic amines is 1. The molecule has 0 aliphatic carbocycles. The van der Waals surface area contributed by atoms with Crippen molar-refractivity contribution in [3.05, 3.63) is 124 Å². The van der Waals surface area contributed by atoms with Crippen LogP contribution in [0.15, 0.2) is 96.0 Å². The fourth-order valence-corrected chi connectivity index (χ4v) is 10.0. The van der Waals surface area contributed by atoms with Crippen LogP contribution in [0.1, 0.15) is 144 Å². The van der Waals surface area contributed by atoms with Crippen LogP contribution in [-0.2, 0) is 0 Å². The third kappa shape index (κ3) is 22.7. The van der Waals surface area contributed by atoms with Gasteiger partial charge in [0.15, 0.2) is 15.7 Å². The molecule has 6 aromatic carbocycles. The Morgan fingerprint density at radius 1 is 0.611 bits per heavy atom. The molecule has 0 radical (unpaired) electrons. The van der Waals surface area contributed by atoms with E-state index in [2.05, 4.69) is 84.2 Å². The van der Waals surface area contributed by atoms with Gasteiger partial charge in [-0.15, -0.1) is 0 Å². The van der Waals surface area contributed by atoms with Gasteiger partial charge in [-0.05, 0) is 170 Å². The van der Waals surface area contributed by atoms with Crippen molar-refractivity contribution in [1.29, 1.82) is 0 Å². The van der Waals surface area contributed by atoms with Crippen molar-refractivity contribution in [1.82, 2.24) is 31.0 Å². The zero-order chi connectivity index (χ0) is 71.4. The van der Waals surface area contributed by atoms with Gasteiger partial charge < -0.3 is 70.0 Å². The van der Waals surface area contributed by atoms with E-state index in [-0.39, 0.29) is 75.1 Å². The lowest BCUT2D eigenvalue weighted by Crippen LogP contribution is -2.43. The topological polar surface area (TPSA) is 333 Å². The number of isothiocyanates is 1. The number of aliphatic hydroxyl groups excluding tert-OH is 1. The van der Waals surface area contributed by atoms with E-state index in [9.17, 15) is 40.2 Å². The Bertz CT molecular complexity index is 3780. The maximum atomic E-state index is 12.5. The van der Waals surface area contributed by atoms with Gasteiger partial charge in [-0.3, -0.25) is 35.5 Å². The molecular formula is C68H94N12O12S3. The number of H-pyrrole nitrogens is 1.